The van der Waals surface area contributed by atoms with Gasteiger partial charge in [0.2, 0.25) is 0 Å². The van der Waals surface area contributed by atoms with Gasteiger partial charge in [-0.2, -0.15) is 0 Å². The van der Waals surface area contributed by atoms with Gasteiger partial charge in [-0.25, -0.2) is 9.37 Å². The van der Waals surface area contributed by atoms with E-state index in [4.69, 9.17) is 9.15 Å². The molecule has 1 aromatic heterocycles. The molecule has 0 unspecified atom stereocenters. The second-order valence-electron chi connectivity index (χ2n) is 5.90. The van der Waals surface area contributed by atoms with E-state index in [9.17, 15) is 9.18 Å². The van der Waals surface area contributed by atoms with Crippen molar-refractivity contribution >= 4 is 5.91 Å². The number of rotatable bonds is 4. The van der Waals surface area contributed by atoms with Crippen LogP contribution in [0.4, 0.5) is 4.39 Å². The highest BCUT2D eigenvalue weighted by atomic mass is 19.1. The zero-order chi connectivity index (χ0) is 15.8. The first-order chi connectivity index (χ1) is 11.2. The van der Waals surface area contributed by atoms with E-state index in [1.807, 2.05) is 0 Å². The minimum Gasteiger partial charge on any atom is -0.425 e. The van der Waals surface area contributed by atoms with Crippen molar-refractivity contribution in [1.29, 1.82) is 0 Å². The minimum absolute atomic E-state index is 0.0371. The lowest BCUT2D eigenvalue weighted by atomic mass is 9.95. The lowest BCUT2D eigenvalue weighted by Crippen LogP contribution is -2.43. The number of nitrogens with zero attached hydrogens (tertiary/aromatic N) is 1. The summed E-state index contributed by atoms with van der Waals surface area (Å²) < 4.78 is 23.5. The van der Waals surface area contributed by atoms with Crippen LogP contribution >= 0.6 is 0 Å². The molecule has 1 aromatic carbocycles. The van der Waals surface area contributed by atoms with E-state index < -0.39 is 0 Å². The Morgan fingerprint density at radius 2 is 2.17 bits per heavy atom. The molecule has 23 heavy (non-hydrogen) atoms. The van der Waals surface area contributed by atoms with Crippen LogP contribution in [0.2, 0.25) is 0 Å². The number of carbonyl (C=O) groups is 1. The second kappa shape index (κ2) is 5.66. The van der Waals surface area contributed by atoms with E-state index >= 15 is 0 Å². The van der Waals surface area contributed by atoms with Crippen LogP contribution in [0.5, 0.6) is 11.7 Å². The maximum Gasteiger partial charge on any atom is 0.311 e. The third-order valence-corrected chi connectivity index (χ3v) is 4.33. The van der Waals surface area contributed by atoms with Crippen LogP contribution in [0.3, 0.4) is 0 Å². The first-order valence-corrected chi connectivity index (χ1v) is 7.63. The van der Waals surface area contributed by atoms with Gasteiger partial charge in [0.1, 0.15) is 17.8 Å². The van der Waals surface area contributed by atoms with Gasteiger partial charge in [-0.05, 0) is 43.5 Å². The molecule has 2 N–H and O–H groups in total. The molecule has 0 radical (unpaired) electrons. The molecular weight excluding hydrogens is 301 g/mol. The summed E-state index contributed by atoms with van der Waals surface area (Å²) in [5.41, 5.74) is 0. The summed E-state index contributed by atoms with van der Waals surface area (Å²) in [4.78, 5) is 16.1. The average Bonchev–Trinajstić information content (AvgIpc) is 3.26. The molecule has 2 aliphatic heterocycles. The summed E-state index contributed by atoms with van der Waals surface area (Å²) in [6, 6.07) is 6.47. The minimum atomic E-state index is -0.352. The molecule has 120 valence electrons. The topological polar surface area (TPSA) is 76.4 Å². The van der Waals surface area contributed by atoms with Crippen molar-refractivity contribution in [2.75, 3.05) is 0 Å². The monoisotopic (exact) mass is 317 g/mol. The number of hydrogen-bond acceptors (Lipinski definition) is 5. The Morgan fingerprint density at radius 1 is 1.35 bits per heavy atom. The number of aromatic nitrogens is 1. The molecule has 2 fully saturated rings. The summed E-state index contributed by atoms with van der Waals surface area (Å²) in [7, 11) is 0. The maximum atomic E-state index is 12.8. The van der Waals surface area contributed by atoms with Crippen molar-refractivity contribution in [3.63, 3.8) is 0 Å². The van der Waals surface area contributed by atoms with Gasteiger partial charge in [-0.1, -0.05) is 0 Å². The van der Waals surface area contributed by atoms with Gasteiger partial charge in [0, 0.05) is 18.1 Å². The molecule has 2 bridgehead atoms. The zero-order valence-electron chi connectivity index (χ0n) is 12.3. The summed E-state index contributed by atoms with van der Waals surface area (Å²) in [5, 5.41) is 6.40. The highest BCUT2D eigenvalue weighted by Crippen LogP contribution is 2.28. The third kappa shape index (κ3) is 2.92. The SMILES string of the molecule is O=C(N[C@@H]1C[C@H]2CC[C@@H]1N2)c1ncc(Oc2ccc(F)cc2)o1. The molecular formula is C16H16FN3O3. The summed E-state index contributed by atoms with van der Waals surface area (Å²) in [6.07, 6.45) is 4.53. The van der Waals surface area contributed by atoms with E-state index in [0.717, 1.165) is 12.8 Å². The van der Waals surface area contributed by atoms with Crippen molar-refractivity contribution < 1.29 is 18.3 Å². The molecule has 4 rings (SSSR count). The number of hydrogen-bond donors (Lipinski definition) is 2. The van der Waals surface area contributed by atoms with Gasteiger partial charge in [-0.3, -0.25) is 4.79 Å². The van der Waals surface area contributed by atoms with Crippen LogP contribution in [0, 0.1) is 5.82 Å². The van der Waals surface area contributed by atoms with Crippen molar-refractivity contribution in [3.8, 4) is 11.7 Å². The molecule has 7 heteroatoms. The van der Waals surface area contributed by atoms with Gasteiger partial charge in [0.05, 0.1) is 0 Å². The van der Waals surface area contributed by atoms with Crippen LogP contribution in [-0.2, 0) is 0 Å². The Hall–Kier alpha value is -2.41. The molecule has 2 aromatic rings. The predicted octanol–water partition coefficient (Wildman–Crippen LogP) is 2.23. The van der Waals surface area contributed by atoms with Crippen molar-refractivity contribution in [2.24, 2.45) is 0 Å². The van der Waals surface area contributed by atoms with Crippen LogP contribution in [-0.4, -0.2) is 29.0 Å². The Kier molecular flexibility index (Phi) is 3.49. The first kappa shape index (κ1) is 14.2. The maximum absolute atomic E-state index is 12.8. The van der Waals surface area contributed by atoms with Crippen molar-refractivity contribution in [3.05, 3.63) is 42.2 Å². The standard InChI is InChI=1S/C16H16FN3O3/c17-9-1-4-11(5-2-9)22-14-8-18-16(23-14)15(21)20-13-7-10-3-6-12(13)19-10/h1-2,4-5,8,10,12-13,19H,3,6-7H2,(H,20,21)/t10-,12+,13-/m1/s1. The molecule has 3 atom stereocenters. The molecule has 0 aliphatic carbocycles. The van der Waals surface area contributed by atoms with Crippen molar-refractivity contribution in [1.82, 2.24) is 15.6 Å². The Balaban J connectivity index is 1.39. The number of oxazole rings is 1. The molecule has 3 heterocycles. The van der Waals surface area contributed by atoms with Crippen LogP contribution in [0.15, 0.2) is 34.9 Å². The fraction of sp³-hybridized carbons (Fsp3) is 0.375. The zero-order valence-corrected chi connectivity index (χ0v) is 12.3. The smallest absolute Gasteiger partial charge is 0.311 e. The van der Waals surface area contributed by atoms with Gasteiger partial charge in [-0.15, -0.1) is 0 Å². The van der Waals surface area contributed by atoms with Crippen LogP contribution in [0.1, 0.15) is 29.9 Å². The quantitative estimate of drug-likeness (QED) is 0.904. The Labute approximate surface area is 132 Å². The largest absolute Gasteiger partial charge is 0.425 e. The number of benzene rings is 1. The molecule has 0 spiro atoms. The van der Waals surface area contributed by atoms with Crippen molar-refractivity contribution in [2.45, 2.75) is 37.4 Å². The van der Waals surface area contributed by atoms with Gasteiger partial charge in [0.15, 0.2) is 0 Å². The highest BCUT2D eigenvalue weighted by Gasteiger charge is 2.40. The molecule has 0 saturated carbocycles. The predicted molar refractivity (Wildman–Crippen MR) is 78.8 cm³/mol. The van der Waals surface area contributed by atoms with E-state index in [2.05, 4.69) is 15.6 Å². The molecule has 1 amide bonds. The van der Waals surface area contributed by atoms with E-state index in [-0.39, 0.29) is 29.6 Å². The van der Waals surface area contributed by atoms with E-state index in [1.165, 1.54) is 36.9 Å². The van der Waals surface area contributed by atoms with E-state index in [0.29, 0.717) is 17.8 Å². The molecule has 2 saturated heterocycles. The number of fused-ring (bicyclic) bond motifs is 2. The number of ether oxygens (including phenoxy) is 1. The first-order valence-electron chi connectivity index (χ1n) is 7.63. The third-order valence-electron chi connectivity index (χ3n) is 4.33. The second-order valence-corrected chi connectivity index (χ2v) is 5.90. The average molecular weight is 317 g/mol. The Bertz CT molecular complexity index is 716. The summed E-state index contributed by atoms with van der Waals surface area (Å²) in [6.45, 7) is 0. The van der Waals surface area contributed by atoms with Crippen LogP contribution < -0.4 is 15.4 Å². The van der Waals surface area contributed by atoms with Gasteiger partial charge >= 0.3 is 11.9 Å². The normalized spacial score (nSPS) is 25.5. The fourth-order valence-electron chi connectivity index (χ4n) is 3.24. The van der Waals surface area contributed by atoms with Gasteiger partial charge < -0.3 is 19.8 Å². The fourth-order valence-corrected chi connectivity index (χ4v) is 3.24. The Morgan fingerprint density at radius 3 is 2.87 bits per heavy atom. The van der Waals surface area contributed by atoms with E-state index in [1.54, 1.807) is 0 Å². The highest BCUT2D eigenvalue weighted by molar-refractivity contribution is 5.90. The lowest BCUT2D eigenvalue weighted by Gasteiger charge is -2.20. The summed E-state index contributed by atoms with van der Waals surface area (Å²) in [5.74, 6) is -0.239. The number of halogens is 1. The number of amides is 1. The molecule has 6 nitrogen and oxygen atoms in total. The number of nitrogens with one attached hydrogen (secondary N) is 2. The van der Waals surface area contributed by atoms with Crippen LogP contribution in [0.25, 0.3) is 0 Å². The summed E-state index contributed by atoms with van der Waals surface area (Å²) >= 11 is 0. The number of carbonyl (C=O) groups excluding carboxylic acids is 1. The molecule has 2 aliphatic rings. The van der Waals surface area contributed by atoms with Gasteiger partial charge in [0.25, 0.3) is 5.89 Å². The lowest BCUT2D eigenvalue weighted by molar-refractivity contribution is 0.0891.